The molecule has 0 bridgehead atoms. The second-order valence-electron chi connectivity index (χ2n) is 6.72. The fraction of sp³-hybridized carbons (Fsp3) is 0.130. The Morgan fingerprint density at radius 1 is 1.14 bits per heavy atom. The summed E-state index contributed by atoms with van der Waals surface area (Å²) in [5, 5.41) is 12.9. The van der Waals surface area contributed by atoms with E-state index in [1.165, 1.54) is 0 Å². The molecule has 0 spiro atoms. The molecule has 0 unspecified atom stereocenters. The monoisotopic (exact) mass is 515 g/mol. The molecular formula is C23H19ClIN3O. The molecule has 0 aliphatic carbocycles. The molecule has 3 rings (SSSR count). The number of rotatable bonds is 4. The molecule has 0 aliphatic rings. The van der Waals surface area contributed by atoms with E-state index >= 15 is 0 Å². The first kappa shape index (κ1) is 21.2. The van der Waals surface area contributed by atoms with Crippen LogP contribution < -0.4 is 5.32 Å². The van der Waals surface area contributed by atoms with Gasteiger partial charge in [-0.3, -0.25) is 4.79 Å². The van der Waals surface area contributed by atoms with E-state index < -0.39 is 5.91 Å². The van der Waals surface area contributed by atoms with E-state index in [-0.39, 0.29) is 5.57 Å². The lowest BCUT2D eigenvalue weighted by atomic mass is 10.1. The molecule has 0 aliphatic heterocycles. The van der Waals surface area contributed by atoms with Crippen molar-refractivity contribution in [3.8, 4) is 11.8 Å². The van der Waals surface area contributed by atoms with Crippen molar-refractivity contribution >= 4 is 51.9 Å². The molecule has 29 heavy (non-hydrogen) atoms. The van der Waals surface area contributed by atoms with E-state index in [2.05, 4.69) is 44.6 Å². The van der Waals surface area contributed by atoms with Crippen molar-refractivity contribution in [3.63, 3.8) is 0 Å². The van der Waals surface area contributed by atoms with Gasteiger partial charge in [0.25, 0.3) is 5.91 Å². The van der Waals surface area contributed by atoms with Gasteiger partial charge >= 0.3 is 0 Å². The molecule has 146 valence electrons. The molecule has 0 atom stereocenters. The predicted molar refractivity (Wildman–Crippen MR) is 126 cm³/mol. The highest BCUT2D eigenvalue weighted by atomic mass is 127. The number of hydrogen-bond donors (Lipinski definition) is 1. The van der Waals surface area contributed by atoms with Gasteiger partial charge in [0.05, 0.1) is 0 Å². The zero-order valence-electron chi connectivity index (χ0n) is 16.3. The topological polar surface area (TPSA) is 57.8 Å². The standard InChI is InChI=1S/C23H19ClIN3O/c1-14-10-19(24)4-9-22(14)27-23(29)18(13-26)12-17-11-15(2)28(16(17)3)21-7-5-20(25)6-8-21/h4-12H,1-3H3,(H,27,29)/b18-12+. The van der Waals surface area contributed by atoms with E-state index in [4.69, 9.17) is 11.6 Å². The highest BCUT2D eigenvalue weighted by molar-refractivity contribution is 14.1. The number of nitrogens with one attached hydrogen (secondary N) is 1. The summed E-state index contributed by atoms with van der Waals surface area (Å²) in [6.45, 7) is 5.84. The number of aromatic nitrogens is 1. The van der Waals surface area contributed by atoms with Crippen molar-refractivity contribution in [3.05, 3.63) is 85.2 Å². The normalized spacial score (nSPS) is 11.2. The number of carbonyl (C=O) groups excluding carboxylic acids is 1. The number of anilines is 1. The number of benzene rings is 2. The van der Waals surface area contributed by atoms with Crippen LogP contribution in [-0.4, -0.2) is 10.5 Å². The lowest BCUT2D eigenvalue weighted by Crippen LogP contribution is -2.14. The van der Waals surface area contributed by atoms with Gasteiger partial charge in [-0.2, -0.15) is 5.26 Å². The molecule has 0 saturated heterocycles. The van der Waals surface area contributed by atoms with Crippen molar-refractivity contribution in [1.82, 2.24) is 4.57 Å². The molecule has 0 radical (unpaired) electrons. The van der Waals surface area contributed by atoms with Crippen LogP contribution in [0.4, 0.5) is 5.69 Å². The van der Waals surface area contributed by atoms with Crippen LogP contribution in [0, 0.1) is 35.7 Å². The average molecular weight is 516 g/mol. The second kappa shape index (κ2) is 8.85. The molecule has 1 aromatic heterocycles. The Bertz CT molecular complexity index is 1150. The molecule has 1 amide bonds. The zero-order valence-corrected chi connectivity index (χ0v) is 19.2. The fourth-order valence-corrected chi connectivity index (χ4v) is 3.77. The van der Waals surface area contributed by atoms with Crippen LogP contribution in [0.1, 0.15) is 22.5 Å². The fourth-order valence-electron chi connectivity index (χ4n) is 3.18. The van der Waals surface area contributed by atoms with E-state index in [9.17, 15) is 10.1 Å². The van der Waals surface area contributed by atoms with Crippen molar-refractivity contribution in [1.29, 1.82) is 5.26 Å². The van der Waals surface area contributed by atoms with Crippen LogP contribution >= 0.6 is 34.2 Å². The highest BCUT2D eigenvalue weighted by Crippen LogP contribution is 2.24. The van der Waals surface area contributed by atoms with Gasteiger partial charge in [0.2, 0.25) is 0 Å². The van der Waals surface area contributed by atoms with E-state index in [1.54, 1.807) is 24.3 Å². The Hall–Kier alpha value is -2.56. The number of amides is 1. The Morgan fingerprint density at radius 3 is 2.45 bits per heavy atom. The molecule has 0 saturated carbocycles. The SMILES string of the molecule is Cc1cc(Cl)ccc1NC(=O)/C(C#N)=C/c1cc(C)n(-c2ccc(I)cc2)c1C. The van der Waals surface area contributed by atoms with Crippen LogP contribution in [0.25, 0.3) is 11.8 Å². The van der Waals surface area contributed by atoms with Crippen molar-refractivity contribution in [2.24, 2.45) is 0 Å². The summed E-state index contributed by atoms with van der Waals surface area (Å²) >= 11 is 8.24. The zero-order chi connectivity index (χ0) is 21.1. The first-order valence-electron chi connectivity index (χ1n) is 8.94. The molecule has 4 nitrogen and oxygen atoms in total. The van der Waals surface area contributed by atoms with Crippen LogP contribution in [0.15, 0.2) is 54.1 Å². The summed E-state index contributed by atoms with van der Waals surface area (Å²) in [5.41, 5.74) is 5.38. The molecule has 1 N–H and O–H groups in total. The Balaban J connectivity index is 1.93. The Morgan fingerprint density at radius 2 is 1.83 bits per heavy atom. The third kappa shape index (κ3) is 4.72. The van der Waals surface area contributed by atoms with Gasteiger partial charge in [-0.25, -0.2) is 0 Å². The molecule has 0 fully saturated rings. The summed E-state index contributed by atoms with van der Waals surface area (Å²) in [5.74, 6) is -0.447. The van der Waals surface area contributed by atoms with Crippen LogP contribution in [0.3, 0.4) is 0 Å². The first-order valence-corrected chi connectivity index (χ1v) is 10.4. The highest BCUT2D eigenvalue weighted by Gasteiger charge is 2.14. The number of carbonyl (C=O) groups is 1. The number of halogens is 2. The smallest absolute Gasteiger partial charge is 0.266 e. The van der Waals surface area contributed by atoms with Gasteiger partial charge in [-0.1, -0.05) is 11.6 Å². The number of aryl methyl sites for hydroxylation is 2. The minimum Gasteiger partial charge on any atom is -0.321 e. The molecule has 3 aromatic rings. The van der Waals surface area contributed by atoms with Crippen molar-refractivity contribution < 1.29 is 4.79 Å². The van der Waals surface area contributed by atoms with Crippen molar-refractivity contribution in [2.45, 2.75) is 20.8 Å². The Labute approximate surface area is 188 Å². The second-order valence-corrected chi connectivity index (χ2v) is 8.40. The molecule has 6 heteroatoms. The van der Waals surface area contributed by atoms with Gasteiger partial charge < -0.3 is 9.88 Å². The number of nitriles is 1. The predicted octanol–water partition coefficient (Wildman–Crippen LogP) is 6.21. The summed E-state index contributed by atoms with van der Waals surface area (Å²) < 4.78 is 3.27. The summed E-state index contributed by atoms with van der Waals surface area (Å²) in [4.78, 5) is 12.7. The van der Waals surface area contributed by atoms with Gasteiger partial charge in [-0.05, 0) is 109 Å². The maximum absolute atomic E-state index is 12.7. The quantitative estimate of drug-likeness (QED) is 0.255. The Kier molecular flexibility index (Phi) is 6.46. The van der Waals surface area contributed by atoms with Gasteiger partial charge in [0, 0.05) is 31.4 Å². The molecule has 1 heterocycles. The average Bonchev–Trinajstić information content (AvgIpc) is 2.96. The van der Waals surface area contributed by atoms with Gasteiger partial charge in [0.1, 0.15) is 11.6 Å². The van der Waals surface area contributed by atoms with E-state index in [0.717, 1.165) is 31.8 Å². The third-order valence-electron chi connectivity index (χ3n) is 4.66. The minimum atomic E-state index is -0.447. The van der Waals surface area contributed by atoms with Crippen LogP contribution in [0.2, 0.25) is 5.02 Å². The van der Waals surface area contributed by atoms with Gasteiger partial charge in [-0.15, -0.1) is 0 Å². The number of hydrogen-bond acceptors (Lipinski definition) is 2. The van der Waals surface area contributed by atoms with E-state index in [1.807, 2.05) is 45.0 Å². The first-order chi connectivity index (χ1) is 13.8. The van der Waals surface area contributed by atoms with Crippen LogP contribution in [-0.2, 0) is 4.79 Å². The lowest BCUT2D eigenvalue weighted by molar-refractivity contribution is -0.112. The van der Waals surface area contributed by atoms with Crippen molar-refractivity contribution in [2.75, 3.05) is 5.32 Å². The molecule has 2 aromatic carbocycles. The van der Waals surface area contributed by atoms with Gasteiger partial charge in [0.15, 0.2) is 0 Å². The third-order valence-corrected chi connectivity index (χ3v) is 5.61. The maximum Gasteiger partial charge on any atom is 0.266 e. The summed E-state index contributed by atoms with van der Waals surface area (Å²) in [6.07, 6.45) is 1.63. The summed E-state index contributed by atoms with van der Waals surface area (Å²) in [7, 11) is 0. The van der Waals surface area contributed by atoms with Crippen LogP contribution in [0.5, 0.6) is 0 Å². The lowest BCUT2D eigenvalue weighted by Gasteiger charge is -2.10. The van der Waals surface area contributed by atoms with E-state index in [0.29, 0.717) is 10.7 Å². The minimum absolute atomic E-state index is 0.0437. The number of nitrogens with zero attached hydrogens (tertiary/aromatic N) is 2. The maximum atomic E-state index is 12.7. The largest absolute Gasteiger partial charge is 0.321 e. The summed E-state index contributed by atoms with van der Waals surface area (Å²) in [6, 6.07) is 17.4. The molecular weight excluding hydrogens is 497 g/mol.